The van der Waals surface area contributed by atoms with E-state index in [0.717, 1.165) is 54.3 Å². The normalized spacial score (nSPS) is 18.5. The first kappa shape index (κ1) is 18.7. The number of hydrogen-bond acceptors (Lipinski definition) is 3. The molecule has 2 aromatic rings. The zero-order valence-electron chi connectivity index (χ0n) is 16.5. The van der Waals surface area contributed by atoms with E-state index in [1.807, 2.05) is 6.07 Å². The molecule has 3 nitrogen and oxygen atoms in total. The largest absolute Gasteiger partial charge is 0.478 e. The fourth-order valence-corrected chi connectivity index (χ4v) is 5.68. The molecule has 0 amide bonds. The second-order valence-electron chi connectivity index (χ2n) is 9.15. The average molecular weight is 384 g/mol. The van der Waals surface area contributed by atoms with E-state index in [0.29, 0.717) is 5.56 Å². The van der Waals surface area contributed by atoms with Crippen molar-refractivity contribution >= 4 is 17.3 Å². The van der Waals surface area contributed by atoms with Gasteiger partial charge < -0.3 is 10.0 Å². The first-order valence-corrected chi connectivity index (χ1v) is 10.8. The van der Waals surface area contributed by atoms with Crippen molar-refractivity contribution in [3.63, 3.8) is 0 Å². The second-order valence-corrected chi connectivity index (χ2v) is 10.3. The Kier molecular flexibility index (Phi) is 4.89. The first-order chi connectivity index (χ1) is 12.8. The van der Waals surface area contributed by atoms with Gasteiger partial charge in [0.25, 0.3) is 0 Å². The third-order valence-corrected chi connectivity index (χ3v) is 7.28. The topological polar surface area (TPSA) is 40.5 Å². The molecule has 0 aliphatic heterocycles. The van der Waals surface area contributed by atoms with E-state index in [1.54, 1.807) is 11.3 Å². The van der Waals surface area contributed by atoms with Crippen molar-refractivity contribution in [1.29, 1.82) is 0 Å². The molecular weight excluding hydrogens is 354 g/mol. The summed E-state index contributed by atoms with van der Waals surface area (Å²) in [6, 6.07) is 8.37. The van der Waals surface area contributed by atoms with Gasteiger partial charge in [-0.15, -0.1) is 11.3 Å². The van der Waals surface area contributed by atoms with E-state index in [4.69, 9.17) is 0 Å². The molecule has 0 unspecified atom stereocenters. The van der Waals surface area contributed by atoms with E-state index in [9.17, 15) is 9.90 Å². The Morgan fingerprint density at radius 2 is 2.04 bits per heavy atom. The summed E-state index contributed by atoms with van der Waals surface area (Å²) in [5.41, 5.74) is 4.16. The van der Waals surface area contributed by atoms with Gasteiger partial charge in [0.15, 0.2) is 0 Å². The number of fused-ring (bicyclic) bond motifs is 1. The molecule has 2 aliphatic carbocycles. The Hall–Kier alpha value is -1.65. The lowest BCUT2D eigenvalue weighted by molar-refractivity contribution is 0.0696. The van der Waals surface area contributed by atoms with Crippen molar-refractivity contribution < 1.29 is 9.90 Å². The zero-order valence-corrected chi connectivity index (χ0v) is 17.4. The van der Waals surface area contributed by atoms with Gasteiger partial charge in [0.05, 0.1) is 5.56 Å². The quantitative estimate of drug-likeness (QED) is 0.719. The Morgan fingerprint density at radius 3 is 2.74 bits per heavy atom. The zero-order chi connectivity index (χ0) is 19.2. The molecule has 0 atom stereocenters. The molecule has 2 aliphatic rings. The summed E-state index contributed by atoms with van der Waals surface area (Å²) < 4.78 is 0. The van der Waals surface area contributed by atoms with Gasteiger partial charge in [-0.05, 0) is 67.2 Å². The number of nitrogens with zero attached hydrogens (tertiary/aromatic N) is 1. The second kappa shape index (κ2) is 7.06. The number of carboxylic acid groups (broad SMARTS) is 1. The van der Waals surface area contributed by atoms with Crippen LogP contribution in [0.3, 0.4) is 0 Å². The number of hydrogen-bond donors (Lipinski definition) is 1. The van der Waals surface area contributed by atoms with Crippen molar-refractivity contribution in [2.45, 2.75) is 52.5 Å². The lowest BCUT2D eigenvalue weighted by Gasteiger charge is -2.29. The number of carbonyl (C=O) groups is 1. The van der Waals surface area contributed by atoms with Gasteiger partial charge >= 0.3 is 5.97 Å². The molecule has 144 valence electrons. The molecule has 27 heavy (non-hydrogen) atoms. The summed E-state index contributed by atoms with van der Waals surface area (Å²) in [5.74, 6) is 0.0781. The van der Waals surface area contributed by atoms with Crippen LogP contribution in [0.25, 0.3) is 10.4 Å². The summed E-state index contributed by atoms with van der Waals surface area (Å²) in [4.78, 5) is 16.8. The molecular formula is C23H29NO2S. The van der Waals surface area contributed by atoms with Gasteiger partial charge in [-0.1, -0.05) is 38.1 Å². The Bertz CT molecular complexity index is 863. The molecule has 1 N–H and O–H groups in total. The number of thiophene rings is 1. The van der Waals surface area contributed by atoms with Crippen molar-refractivity contribution in [3.8, 4) is 10.4 Å². The minimum absolute atomic E-state index is 0.180. The number of rotatable bonds is 6. The van der Waals surface area contributed by atoms with Gasteiger partial charge in [-0.25, -0.2) is 4.79 Å². The Balaban J connectivity index is 1.73. The van der Waals surface area contributed by atoms with Crippen LogP contribution in [0.1, 0.15) is 59.5 Å². The van der Waals surface area contributed by atoms with Gasteiger partial charge in [0.2, 0.25) is 0 Å². The molecule has 4 rings (SSSR count). The van der Waals surface area contributed by atoms with Crippen LogP contribution in [0, 0.1) is 11.3 Å². The van der Waals surface area contributed by atoms with Crippen LogP contribution in [0.4, 0.5) is 0 Å². The average Bonchev–Trinajstić information content (AvgIpc) is 3.32. The van der Waals surface area contributed by atoms with Crippen molar-refractivity contribution in [2.24, 2.45) is 11.3 Å². The predicted octanol–water partition coefficient (Wildman–Crippen LogP) is 5.47. The van der Waals surface area contributed by atoms with Crippen molar-refractivity contribution in [3.05, 3.63) is 45.8 Å². The number of benzene rings is 1. The van der Waals surface area contributed by atoms with Gasteiger partial charge in [-0.2, -0.15) is 0 Å². The highest BCUT2D eigenvalue weighted by Crippen LogP contribution is 2.45. The van der Waals surface area contributed by atoms with Crippen molar-refractivity contribution in [1.82, 2.24) is 4.90 Å². The fraction of sp³-hybridized carbons (Fsp3) is 0.522. The molecule has 1 fully saturated rings. The standard InChI is InChI=1S/C23H29NO2S/c1-23(2)11-10-19-18(12-23)20(22(25)26)21(27-19)17-7-5-4-6-16(17)14-24(3)13-15-8-9-15/h4-7,15H,8-14H2,1-3H3,(H,25,26). The minimum Gasteiger partial charge on any atom is -0.478 e. The van der Waals surface area contributed by atoms with Gasteiger partial charge in [0.1, 0.15) is 0 Å². The van der Waals surface area contributed by atoms with Crippen LogP contribution in [-0.4, -0.2) is 29.6 Å². The molecule has 4 heteroatoms. The maximum Gasteiger partial charge on any atom is 0.337 e. The Morgan fingerprint density at radius 1 is 1.30 bits per heavy atom. The highest BCUT2D eigenvalue weighted by atomic mass is 32.1. The smallest absolute Gasteiger partial charge is 0.337 e. The summed E-state index contributed by atoms with van der Waals surface area (Å²) in [6.07, 6.45) is 5.69. The van der Waals surface area contributed by atoms with E-state index < -0.39 is 5.97 Å². The van der Waals surface area contributed by atoms with Gasteiger partial charge in [0, 0.05) is 22.8 Å². The maximum absolute atomic E-state index is 12.2. The highest BCUT2D eigenvalue weighted by molar-refractivity contribution is 7.16. The molecule has 1 aromatic heterocycles. The van der Waals surface area contributed by atoms with Crippen LogP contribution in [-0.2, 0) is 19.4 Å². The summed E-state index contributed by atoms with van der Waals surface area (Å²) in [7, 11) is 2.18. The van der Waals surface area contributed by atoms with Crippen LogP contribution >= 0.6 is 11.3 Å². The molecule has 0 radical (unpaired) electrons. The summed E-state index contributed by atoms with van der Waals surface area (Å²) in [6.45, 7) is 6.51. The number of carboxylic acids is 1. The van der Waals surface area contributed by atoms with E-state index in [1.165, 1.54) is 23.3 Å². The van der Waals surface area contributed by atoms with E-state index >= 15 is 0 Å². The summed E-state index contributed by atoms with van der Waals surface area (Å²) in [5, 5.41) is 10.0. The maximum atomic E-state index is 12.2. The molecule has 0 saturated heterocycles. The third-order valence-electron chi connectivity index (χ3n) is 5.96. The van der Waals surface area contributed by atoms with Crippen LogP contribution in [0.15, 0.2) is 24.3 Å². The van der Waals surface area contributed by atoms with Crippen LogP contribution in [0.5, 0.6) is 0 Å². The summed E-state index contributed by atoms with van der Waals surface area (Å²) >= 11 is 1.71. The van der Waals surface area contributed by atoms with E-state index in [-0.39, 0.29) is 5.41 Å². The fourth-order valence-electron chi connectivity index (χ4n) is 4.31. The number of aromatic carboxylic acids is 1. The first-order valence-electron chi connectivity index (χ1n) is 9.99. The van der Waals surface area contributed by atoms with Crippen molar-refractivity contribution in [2.75, 3.05) is 13.6 Å². The monoisotopic (exact) mass is 383 g/mol. The molecule has 0 spiro atoms. The highest BCUT2D eigenvalue weighted by Gasteiger charge is 2.33. The van der Waals surface area contributed by atoms with Crippen LogP contribution < -0.4 is 0 Å². The minimum atomic E-state index is -0.777. The molecule has 0 bridgehead atoms. The lowest BCUT2D eigenvalue weighted by atomic mass is 9.76. The Labute approximate surface area is 166 Å². The van der Waals surface area contributed by atoms with Gasteiger partial charge in [-0.3, -0.25) is 0 Å². The lowest BCUT2D eigenvalue weighted by Crippen LogP contribution is -2.22. The molecule has 1 heterocycles. The SMILES string of the molecule is CN(Cc1ccccc1-c1sc2c(c1C(=O)O)CC(C)(C)CC2)CC1CC1. The van der Waals surface area contributed by atoms with E-state index in [2.05, 4.69) is 44.0 Å². The number of aryl methyl sites for hydroxylation is 1. The molecule has 1 saturated carbocycles. The van der Waals surface area contributed by atoms with Crippen LogP contribution in [0.2, 0.25) is 0 Å². The molecule has 1 aromatic carbocycles. The predicted molar refractivity (Wildman–Crippen MR) is 112 cm³/mol. The third kappa shape index (κ3) is 3.97.